The van der Waals surface area contributed by atoms with Crippen molar-refractivity contribution in [3.05, 3.63) is 29.8 Å². The predicted octanol–water partition coefficient (Wildman–Crippen LogP) is 2.57. The van der Waals surface area contributed by atoms with Gasteiger partial charge in [-0.15, -0.1) is 0 Å². The molecule has 1 saturated heterocycles. The maximum Gasteiger partial charge on any atom is 0.311 e. The number of amides is 2. The van der Waals surface area contributed by atoms with Crippen LogP contribution >= 0.6 is 0 Å². The lowest BCUT2D eigenvalue weighted by Crippen LogP contribution is -2.45. The fourth-order valence-electron chi connectivity index (χ4n) is 4.65. The van der Waals surface area contributed by atoms with Crippen LogP contribution in [0.2, 0.25) is 0 Å². The summed E-state index contributed by atoms with van der Waals surface area (Å²) < 4.78 is 10.3. The normalized spacial score (nSPS) is 25.9. The molecule has 0 aromatic heterocycles. The first kappa shape index (κ1) is 23.1. The number of carbonyl (C=O) groups is 3. The molecule has 170 valence electrons. The number of esters is 1. The predicted molar refractivity (Wildman–Crippen MR) is 116 cm³/mol. The molecule has 1 aromatic carbocycles. The van der Waals surface area contributed by atoms with Crippen LogP contribution in [0.1, 0.15) is 45.1 Å². The second kappa shape index (κ2) is 10.6. The second-order valence-electron chi connectivity index (χ2n) is 8.84. The number of nitrogens with zero attached hydrogens (tertiary/aromatic N) is 1. The topological polar surface area (TPSA) is 84.9 Å². The lowest BCUT2D eigenvalue weighted by atomic mass is 9.77. The molecule has 1 aromatic rings. The summed E-state index contributed by atoms with van der Waals surface area (Å²) in [5.74, 6) is 0.551. The molecule has 7 nitrogen and oxygen atoms in total. The van der Waals surface area contributed by atoms with Gasteiger partial charge in [-0.3, -0.25) is 14.4 Å². The summed E-state index contributed by atoms with van der Waals surface area (Å²) in [4.78, 5) is 38.9. The Morgan fingerprint density at radius 3 is 2.61 bits per heavy atom. The summed E-state index contributed by atoms with van der Waals surface area (Å²) in [6.45, 7) is 4.97. The highest BCUT2D eigenvalue weighted by molar-refractivity contribution is 5.88. The second-order valence-corrected chi connectivity index (χ2v) is 8.84. The van der Waals surface area contributed by atoms with Gasteiger partial charge in [-0.2, -0.15) is 0 Å². The maximum absolute atomic E-state index is 12.5. The number of benzene rings is 1. The van der Waals surface area contributed by atoms with Gasteiger partial charge >= 0.3 is 5.97 Å². The molecule has 1 aliphatic carbocycles. The van der Waals surface area contributed by atoms with Gasteiger partial charge < -0.3 is 19.7 Å². The molecule has 1 heterocycles. The summed E-state index contributed by atoms with van der Waals surface area (Å²) in [6, 6.07) is 7.85. The number of hydrogen-bond acceptors (Lipinski definition) is 5. The van der Waals surface area contributed by atoms with Crippen LogP contribution < -0.4 is 10.1 Å². The van der Waals surface area contributed by atoms with Crippen LogP contribution in [0.25, 0.3) is 0 Å². The average Bonchev–Trinajstić information content (AvgIpc) is 3.16. The molecule has 3 rings (SSSR count). The first-order chi connectivity index (χ1) is 14.9. The molecule has 0 radical (unpaired) electrons. The van der Waals surface area contributed by atoms with Gasteiger partial charge in [-0.25, -0.2) is 0 Å². The molecule has 7 heteroatoms. The number of rotatable bonds is 8. The molecule has 0 unspecified atom stereocenters. The zero-order valence-corrected chi connectivity index (χ0v) is 18.8. The lowest BCUT2D eigenvalue weighted by molar-refractivity contribution is -0.152. The van der Waals surface area contributed by atoms with E-state index in [2.05, 4.69) is 19.2 Å². The van der Waals surface area contributed by atoms with Gasteiger partial charge in [0.1, 0.15) is 5.75 Å². The minimum Gasteiger partial charge on any atom is -0.497 e. The molecular weight excluding hydrogens is 396 g/mol. The van der Waals surface area contributed by atoms with Crippen molar-refractivity contribution in [2.24, 2.45) is 17.8 Å². The SMILES string of the molecule is COc1ccc(CCNC(=O)COC(=O)[C@@H]2CC(=O)N([C@@H]3CCC[C@@H](C)[C@H]3C)C2)cc1. The summed E-state index contributed by atoms with van der Waals surface area (Å²) in [5.41, 5.74) is 1.08. The van der Waals surface area contributed by atoms with E-state index >= 15 is 0 Å². The van der Waals surface area contributed by atoms with E-state index in [0.29, 0.717) is 31.3 Å². The van der Waals surface area contributed by atoms with Crippen LogP contribution in [0.15, 0.2) is 24.3 Å². The summed E-state index contributed by atoms with van der Waals surface area (Å²) in [5, 5.41) is 2.76. The molecule has 1 saturated carbocycles. The van der Waals surface area contributed by atoms with E-state index in [1.807, 2.05) is 29.2 Å². The van der Waals surface area contributed by atoms with E-state index in [1.165, 1.54) is 6.42 Å². The molecule has 0 spiro atoms. The fourth-order valence-corrected chi connectivity index (χ4v) is 4.65. The van der Waals surface area contributed by atoms with Gasteiger partial charge in [0.25, 0.3) is 5.91 Å². The third-order valence-electron chi connectivity index (χ3n) is 6.80. The third-order valence-corrected chi connectivity index (χ3v) is 6.80. The van der Waals surface area contributed by atoms with E-state index < -0.39 is 11.9 Å². The Morgan fingerprint density at radius 2 is 1.90 bits per heavy atom. The number of carbonyl (C=O) groups excluding carboxylic acids is 3. The highest BCUT2D eigenvalue weighted by Gasteiger charge is 2.42. The van der Waals surface area contributed by atoms with Gasteiger partial charge in [0, 0.05) is 25.6 Å². The molecule has 1 N–H and O–H groups in total. The first-order valence-corrected chi connectivity index (χ1v) is 11.2. The highest BCUT2D eigenvalue weighted by atomic mass is 16.5. The van der Waals surface area contributed by atoms with Crippen molar-refractivity contribution in [2.75, 3.05) is 26.8 Å². The smallest absolute Gasteiger partial charge is 0.311 e. The largest absolute Gasteiger partial charge is 0.497 e. The van der Waals surface area contributed by atoms with Gasteiger partial charge in [-0.1, -0.05) is 38.8 Å². The number of methoxy groups -OCH3 is 1. The summed E-state index contributed by atoms with van der Waals surface area (Å²) in [6.07, 6.45) is 4.16. The Bertz CT molecular complexity index is 779. The summed E-state index contributed by atoms with van der Waals surface area (Å²) in [7, 11) is 1.62. The number of ether oxygens (including phenoxy) is 2. The van der Waals surface area contributed by atoms with Crippen molar-refractivity contribution in [3.8, 4) is 5.75 Å². The highest BCUT2D eigenvalue weighted by Crippen LogP contribution is 2.35. The Kier molecular flexibility index (Phi) is 7.93. The van der Waals surface area contributed by atoms with Gasteiger partial charge in [0.15, 0.2) is 6.61 Å². The van der Waals surface area contributed by atoms with Gasteiger partial charge in [0.05, 0.1) is 13.0 Å². The minimum atomic E-state index is -0.482. The van der Waals surface area contributed by atoms with Crippen LogP contribution in [0.5, 0.6) is 5.75 Å². The Labute approximate surface area is 184 Å². The van der Waals surface area contributed by atoms with Gasteiger partial charge in [0.2, 0.25) is 5.91 Å². The maximum atomic E-state index is 12.5. The number of hydrogen-bond donors (Lipinski definition) is 1. The number of nitrogens with one attached hydrogen (secondary N) is 1. The Morgan fingerprint density at radius 1 is 1.16 bits per heavy atom. The van der Waals surface area contributed by atoms with Crippen LogP contribution in [0.3, 0.4) is 0 Å². The fraction of sp³-hybridized carbons (Fsp3) is 0.625. The molecule has 0 bridgehead atoms. The molecular formula is C24H34N2O5. The van der Waals surface area contributed by atoms with Gasteiger partial charge in [-0.05, 0) is 42.4 Å². The van der Waals surface area contributed by atoms with Crippen molar-refractivity contribution in [3.63, 3.8) is 0 Å². The van der Waals surface area contributed by atoms with Crippen LogP contribution in [0.4, 0.5) is 0 Å². The number of likely N-dealkylation sites (tertiary alicyclic amines) is 1. The monoisotopic (exact) mass is 430 g/mol. The average molecular weight is 431 g/mol. The zero-order chi connectivity index (χ0) is 22.4. The van der Waals surface area contributed by atoms with Crippen LogP contribution in [-0.4, -0.2) is 55.5 Å². The van der Waals surface area contributed by atoms with E-state index in [9.17, 15) is 14.4 Å². The standard InChI is InChI=1S/C24H34N2O5/c1-16-5-4-6-21(17(16)2)26-14-19(13-23(26)28)24(29)31-15-22(27)25-12-11-18-7-9-20(30-3)10-8-18/h7-10,16-17,19,21H,4-6,11-15H2,1-3H3,(H,25,27)/t16-,17-,19-,21-/m1/s1. The summed E-state index contributed by atoms with van der Waals surface area (Å²) >= 11 is 0. The first-order valence-electron chi connectivity index (χ1n) is 11.2. The molecule has 4 atom stereocenters. The van der Waals surface area contributed by atoms with E-state index in [1.54, 1.807) is 7.11 Å². The lowest BCUT2D eigenvalue weighted by Gasteiger charge is -2.39. The van der Waals surface area contributed by atoms with Crippen LogP contribution in [-0.2, 0) is 25.5 Å². The van der Waals surface area contributed by atoms with Crippen molar-refractivity contribution in [1.82, 2.24) is 10.2 Å². The van der Waals surface area contributed by atoms with E-state index in [4.69, 9.17) is 9.47 Å². The third kappa shape index (κ3) is 5.99. The molecule has 2 fully saturated rings. The minimum absolute atomic E-state index is 0.0249. The zero-order valence-electron chi connectivity index (χ0n) is 18.8. The van der Waals surface area contributed by atoms with E-state index in [0.717, 1.165) is 24.2 Å². The van der Waals surface area contributed by atoms with Crippen molar-refractivity contribution in [2.45, 2.75) is 52.0 Å². The van der Waals surface area contributed by atoms with Crippen molar-refractivity contribution >= 4 is 17.8 Å². The van der Waals surface area contributed by atoms with Crippen LogP contribution in [0, 0.1) is 17.8 Å². The molecule has 1 aliphatic heterocycles. The quantitative estimate of drug-likeness (QED) is 0.641. The van der Waals surface area contributed by atoms with Crippen molar-refractivity contribution < 1.29 is 23.9 Å². The molecule has 2 aliphatic rings. The Balaban J connectivity index is 1.39. The molecule has 2 amide bonds. The molecule has 31 heavy (non-hydrogen) atoms. The Hall–Kier alpha value is -2.57. The van der Waals surface area contributed by atoms with Crippen molar-refractivity contribution in [1.29, 1.82) is 0 Å². The van der Waals surface area contributed by atoms with E-state index in [-0.39, 0.29) is 30.9 Å².